The number of hydrogen-bond donors (Lipinski definition) is 1. The summed E-state index contributed by atoms with van der Waals surface area (Å²) in [5.41, 5.74) is 5.34. The van der Waals surface area contributed by atoms with Gasteiger partial charge in [-0.25, -0.2) is 0 Å². The molecule has 3 rings (SSSR count). The number of carbonyl (C=O) groups excluding carboxylic acids is 1. The summed E-state index contributed by atoms with van der Waals surface area (Å²) in [5.74, 6) is 0.756. The minimum Gasteiger partial charge on any atom is -0.392 e. The van der Waals surface area contributed by atoms with Gasteiger partial charge in [0.05, 0.1) is 10.4 Å². The fourth-order valence-electron chi connectivity index (χ4n) is 3.64. The van der Waals surface area contributed by atoms with Gasteiger partial charge in [-0.2, -0.15) is 0 Å². The summed E-state index contributed by atoms with van der Waals surface area (Å²) in [7, 11) is 0. The Morgan fingerprint density at radius 2 is 1.79 bits per heavy atom. The van der Waals surface area contributed by atoms with Crippen molar-refractivity contribution in [1.29, 1.82) is 0 Å². The Morgan fingerprint density at radius 3 is 2.21 bits per heavy atom. The van der Waals surface area contributed by atoms with Crippen LogP contribution in [0.25, 0.3) is 0 Å². The highest BCUT2D eigenvalue weighted by Crippen LogP contribution is 2.47. The molecule has 0 radical (unpaired) electrons. The van der Waals surface area contributed by atoms with Crippen LogP contribution in [0.1, 0.15) is 32.6 Å². The summed E-state index contributed by atoms with van der Waals surface area (Å²) in [5, 5.41) is 0. The third kappa shape index (κ3) is 2.27. The Hall–Kier alpha value is -0.680. The maximum atomic E-state index is 12.7. The zero-order chi connectivity index (χ0) is 13.6. The molecule has 4 nitrogen and oxygen atoms in total. The summed E-state index contributed by atoms with van der Waals surface area (Å²) in [6.07, 6.45) is 4.35. The zero-order valence-electron chi connectivity index (χ0n) is 11.6. The number of amides is 1. The van der Waals surface area contributed by atoms with Crippen LogP contribution < -0.4 is 5.73 Å². The molecule has 0 spiro atoms. The highest BCUT2D eigenvalue weighted by molar-refractivity contribution is 7.80. The zero-order valence-corrected chi connectivity index (χ0v) is 12.4. The largest absolute Gasteiger partial charge is 0.392 e. The van der Waals surface area contributed by atoms with E-state index in [0.717, 1.165) is 45.1 Å². The summed E-state index contributed by atoms with van der Waals surface area (Å²) in [6, 6.07) is 0.797. The van der Waals surface area contributed by atoms with Crippen molar-refractivity contribution in [3.05, 3.63) is 0 Å². The molecule has 0 bridgehead atoms. The van der Waals surface area contributed by atoms with Crippen molar-refractivity contribution in [3.63, 3.8) is 0 Å². The van der Waals surface area contributed by atoms with E-state index in [1.807, 2.05) is 4.90 Å². The van der Waals surface area contributed by atoms with Gasteiger partial charge in [-0.15, -0.1) is 0 Å². The third-order valence-electron chi connectivity index (χ3n) is 4.94. The lowest BCUT2D eigenvalue weighted by Crippen LogP contribution is -2.60. The molecular formula is C14H23N3OS. The molecule has 19 heavy (non-hydrogen) atoms. The van der Waals surface area contributed by atoms with E-state index in [-0.39, 0.29) is 5.91 Å². The minimum absolute atomic E-state index is 0.188. The molecule has 0 aromatic rings. The second-order valence-corrected chi connectivity index (χ2v) is 6.96. The fourth-order valence-corrected chi connectivity index (χ4v) is 3.90. The smallest absolute Gasteiger partial charge is 0.235 e. The van der Waals surface area contributed by atoms with Gasteiger partial charge in [0, 0.05) is 32.2 Å². The molecule has 5 heteroatoms. The number of hydrogen-bond acceptors (Lipinski definition) is 3. The number of rotatable bonds is 3. The number of thiocarbonyl (C=S) groups is 1. The molecule has 2 saturated carbocycles. The first-order valence-corrected chi connectivity index (χ1v) is 7.77. The highest BCUT2D eigenvalue weighted by Gasteiger charge is 2.52. The molecule has 0 aromatic carbocycles. The Labute approximate surface area is 120 Å². The van der Waals surface area contributed by atoms with Crippen LogP contribution in [-0.4, -0.2) is 52.9 Å². The van der Waals surface area contributed by atoms with Crippen LogP contribution in [-0.2, 0) is 4.79 Å². The van der Waals surface area contributed by atoms with Gasteiger partial charge < -0.3 is 10.6 Å². The van der Waals surface area contributed by atoms with Gasteiger partial charge >= 0.3 is 0 Å². The number of carbonyl (C=O) groups is 1. The summed E-state index contributed by atoms with van der Waals surface area (Å²) >= 11 is 5.17. The van der Waals surface area contributed by atoms with Gasteiger partial charge in [-0.1, -0.05) is 19.1 Å². The van der Waals surface area contributed by atoms with Crippen molar-refractivity contribution in [1.82, 2.24) is 9.80 Å². The second kappa shape index (κ2) is 4.70. The van der Waals surface area contributed by atoms with Crippen LogP contribution in [0, 0.1) is 11.3 Å². The van der Waals surface area contributed by atoms with Crippen molar-refractivity contribution in [2.24, 2.45) is 17.1 Å². The third-order valence-corrected chi connectivity index (χ3v) is 5.33. The van der Waals surface area contributed by atoms with E-state index < -0.39 is 5.41 Å². The Balaban J connectivity index is 1.62. The normalized spacial score (nSPS) is 35.8. The van der Waals surface area contributed by atoms with Crippen LogP contribution in [0.2, 0.25) is 0 Å². The Kier molecular flexibility index (Phi) is 3.29. The van der Waals surface area contributed by atoms with E-state index in [4.69, 9.17) is 18.0 Å². The van der Waals surface area contributed by atoms with E-state index >= 15 is 0 Å². The van der Waals surface area contributed by atoms with Crippen molar-refractivity contribution < 1.29 is 4.79 Å². The highest BCUT2D eigenvalue weighted by atomic mass is 32.1. The first-order chi connectivity index (χ1) is 9.03. The maximum absolute atomic E-state index is 12.7. The summed E-state index contributed by atoms with van der Waals surface area (Å²) in [6.45, 7) is 5.87. The van der Waals surface area contributed by atoms with Crippen LogP contribution in [0.3, 0.4) is 0 Å². The van der Waals surface area contributed by atoms with Crippen molar-refractivity contribution in [3.8, 4) is 0 Å². The Bertz CT molecular complexity index is 393. The number of piperazine rings is 1. The molecule has 0 aromatic heterocycles. The number of nitrogens with zero attached hydrogens (tertiary/aromatic N) is 2. The lowest BCUT2D eigenvalue weighted by Gasteiger charge is -2.48. The van der Waals surface area contributed by atoms with Gasteiger partial charge in [0.2, 0.25) is 5.91 Å². The van der Waals surface area contributed by atoms with Crippen molar-refractivity contribution >= 4 is 23.1 Å². The lowest BCUT2D eigenvalue weighted by molar-refractivity contribution is -0.146. The van der Waals surface area contributed by atoms with Gasteiger partial charge in [0.25, 0.3) is 0 Å². The van der Waals surface area contributed by atoms with E-state index in [2.05, 4.69) is 11.8 Å². The van der Waals surface area contributed by atoms with E-state index in [1.165, 1.54) is 12.8 Å². The predicted molar refractivity (Wildman–Crippen MR) is 78.8 cm³/mol. The molecule has 2 N–H and O–H groups in total. The fraction of sp³-hybridized carbons (Fsp3) is 0.857. The SMILES string of the molecule is CC1CC(C(=O)N2CCN(C3CC3)CC2)(C(N)=S)C1. The topological polar surface area (TPSA) is 49.6 Å². The molecule has 0 atom stereocenters. The summed E-state index contributed by atoms with van der Waals surface area (Å²) in [4.78, 5) is 17.6. The molecule has 0 unspecified atom stereocenters. The predicted octanol–water partition coefficient (Wildman–Crippen LogP) is 0.995. The quantitative estimate of drug-likeness (QED) is 0.784. The molecule has 3 aliphatic rings. The standard InChI is InChI=1S/C14H23N3OS/c1-10-8-14(9-10,12(15)19)13(18)17-6-4-16(5-7-17)11-2-3-11/h10-11H,2-9H2,1H3,(H2,15,19). The number of nitrogens with two attached hydrogens (primary N) is 1. The van der Waals surface area contributed by atoms with Crippen LogP contribution in [0.4, 0.5) is 0 Å². The summed E-state index contributed by atoms with van der Waals surface area (Å²) < 4.78 is 0. The van der Waals surface area contributed by atoms with E-state index in [0.29, 0.717) is 10.9 Å². The molecule has 1 aliphatic heterocycles. The van der Waals surface area contributed by atoms with Crippen LogP contribution in [0.5, 0.6) is 0 Å². The molecule has 106 valence electrons. The monoisotopic (exact) mass is 281 g/mol. The first kappa shape index (κ1) is 13.3. The van der Waals surface area contributed by atoms with Gasteiger partial charge in [-0.05, 0) is 31.6 Å². The Morgan fingerprint density at radius 1 is 1.21 bits per heavy atom. The second-order valence-electron chi connectivity index (χ2n) is 6.52. The van der Waals surface area contributed by atoms with E-state index in [9.17, 15) is 4.79 Å². The van der Waals surface area contributed by atoms with Gasteiger partial charge in [-0.3, -0.25) is 9.69 Å². The van der Waals surface area contributed by atoms with Crippen LogP contribution in [0.15, 0.2) is 0 Å². The van der Waals surface area contributed by atoms with Crippen molar-refractivity contribution in [2.75, 3.05) is 26.2 Å². The first-order valence-electron chi connectivity index (χ1n) is 7.36. The van der Waals surface area contributed by atoms with E-state index in [1.54, 1.807) is 0 Å². The van der Waals surface area contributed by atoms with Crippen molar-refractivity contribution in [2.45, 2.75) is 38.6 Å². The lowest BCUT2D eigenvalue weighted by atomic mass is 9.61. The molecule has 1 heterocycles. The molecular weight excluding hydrogens is 258 g/mol. The molecule has 3 fully saturated rings. The average molecular weight is 281 g/mol. The maximum Gasteiger partial charge on any atom is 0.235 e. The minimum atomic E-state index is -0.517. The van der Waals surface area contributed by atoms with Gasteiger partial charge in [0.1, 0.15) is 0 Å². The van der Waals surface area contributed by atoms with Crippen LogP contribution >= 0.6 is 12.2 Å². The molecule has 1 saturated heterocycles. The molecule has 2 aliphatic carbocycles. The van der Waals surface area contributed by atoms with Gasteiger partial charge in [0.15, 0.2) is 0 Å². The average Bonchev–Trinajstić information content (AvgIpc) is 3.18. The molecule has 1 amide bonds.